The molecule has 0 aromatic heterocycles. The molecule has 2 heterocycles. The third-order valence-corrected chi connectivity index (χ3v) is 6.05. The molecular weight excluding hydrogens is 489 g/mol. The number of rotatable bonds is 4. The van der Waals surface area contributed by atoms with E-state index in [1.54, 1.807) is 0 Å². The van der Waals surface area contributed by atoms with E-state index in [-0.39, 0.29) is 41.3 Å². The summed E-state index contributed by atoms with van der Waals surface area (Å²) in [6.07, 6.45) is 2.80. The predicted molar refractivity (Wildman–Crippen MR) is 126 cm³/mol. The number of benzene rings is 1. The van der Waals surface area contributed by atoms with Crippen molar-refractivity contribution in [2.45, 2.75) is 25.3 Å². The van der Waals surface area contributed by atoms with Gasteiger partial charge in [0.15, 0.2) is 5.96 Å². The minimum atomic E-state index is 0. The topological polar surface area (TPSA) is 60.0 Å². The van der Waals surface area contributed by atoms with E-state index >= 15 is 0 Å². The summed E-state index contributed by atoms with van der Waals surface area (Å²) in [7, 11) is 5.94. The fourth-order valence-corrected chi connectivity index (χ4v) is 4.53. The number of aliphatic imine (C=N–C) groups is 1. The molecule has 1 aromatic rings. The molecule has 8 heteroatoms. The predicted octanol–water partition coefficient (Wildman–Crippen LogP) is 2.74. The zero-order chi connectivity index (χ0) is 19.4. The van der Waals surface area contributed by atoms with Crippen LogP contribution in [0, 0.1) is 5.41 Å². The molecule has 156 valence electrons. The van der Waals surface area contributed by atoms with Crippen molar-refractivity contribution >= 4 is 47.4 Å². The number of piperidine rings is 1. The average Bonchev–Trinajstić information content (AvgIpc) is 2.99. The van der Waals surface area contributed by atoms with Crippen LogP contribution in [0.1, 0.15) is 30.9 Å². The van der Waals surface area contributed by atoms with Gasteiger partial charge in [-0.05, 0) is 38.6 Å². The van der Waals surface area contributed by atoms with Crippen LogP contribution < -0.4 is 10.6 Å². The molecule has 2 N–H and O–H groups in total. The normalized spacial score (nSPS) is 23.5. The molecule has 2 fully saturated rings. The lowest BCUT2D eigenvalue weighted by Crippen LogP contribution is -2.52. The molecule has 2 atom stereocenters. The molecule has 1 spiro atoms. The number of amides is 1. The smallest absolute Gasteiger partial charge is 0.220 e. The molecule has 2 aliphatic rings. The van der Waals surface area contributed by atoms with E-state index in [0.717, 1.165) is 49.0 Å². The van der Waals surface area contributed by atoms with Gasteiger partial charge in [0.2, 0.25) is 5.91 Å². The minimum absolute atomic E-state index is 0. The summed E-state index contributed by atoms with van der Waals surface area (Å²) in [6.45, 7) is 3.32. The Bertz CT molecular complexity index is 714. The Labute approximate surface area is 190 Å². The first-order chi connectivity index (χ1) is 12.9. The van der Waals surface area contributed by atoms with Crippen molar-refractivity contribution in [2.24, 2.45) is 10.4 Å². The monoisotopic (exact) mass is 519 g/mol. The highest BCUT2D eigenvalue weighted by molar-refractivity contribution is 14.0. The number of hydrogen-bond acceptors (Lipinski definition) is 3. The van der Waals surface area contributed by atoms with E-state index in [9.17, 15) is 4.79 Å². The van der Waals surface area contributed by atoms with E-state index in [1.165, 1.54) is 0 Å². The summed E-state index contributed by atoms with van der Waals surface area (Å²) in [6, 6.07) is 8.12. The van der Waals surface area contributed by atoms with Crippen LogP contribution in [-0.2, 0) is 4.79 Å². The van der Waals surface area contributed by atoms with Gasteiger partial charge in [-0.15, -0.1) is 24.0 Å². The Balaban J connectivity index is 0.00000280. The van der Waals surface area contributed by atoms with Crippen LogP contribution >= 0.6 is 35.6 Å². The number of guanidine groups is 1. The summed E-state index contributed by atoms with van der Waals surface area (Å²) in [5.74, 6) is 1.07. The van der Waals surface area contributed by atoms with Crippen LogP contribution in [-0.4, -0.2) is 69.0 Å². The van der Waals surface area contributed by atoms with E-state index in [4.69, 9.17) is 11.6 Å². The molecule has 0 bridgehead atoms. The zero-order valence-corrected chi connectivity index (χ0v) is 20.0. The maximum atomic E-state index is 11.7. The van der Waals surface area contributed by atoms with E-state index in [1.807, 2.05) is 25.2 Å². The van der Waals surface area contributed by atoms with Crippen LogP contribution in [0.5, 0.6) is 0 Å². The van der Waals surface area contributed by atoms with Gasteiger partial charge in [-0.3, -0.25) is 9.79 Å². The highest BCUT2D eigenvalue weighted by Gasteiger charge is 2.42. The summed E-state index contributed by atoms with van der Waals surface area (Å²) in [4.78, 5) is 20.7. The van der Waals surface area contributed by atoms with Gasteiger partial charge in [-0.25, -0.2) is 0 Å². The van der Waals surface area contributed by atoms with Crippen molar-refractivity contribution < 1.29 is 4.79 Å². The van der Waals surface area contributed by atoms with Crippen molar-refractivity contribution in [3.05, 3.63) is 34.9 Å². The van der Waals surface area contributed by atoms with Crippen LogP contribution in [0.15, 0.2) is 29.3 Å². The van der Waals surface area contributed by atoms with Crippen molar-refractivity contribution in [3.63, 3.8) is 0 Å². The Morgan fingerprint density at radius 1 is 1.43 bits per heavy atom. The number of likely N-dealkylation sites (tertiary alicyclic amines) is 1. The third kappa shape index (κ3) is 5.30. The molecule has 2 saturated heterocycles. The number of carbonyl (C=O) groups is 1. The Morgan fingerprint density at radius 3 is 2.79 bits per heavy atom. The van der Waals surface area contributed by atoms with Crippen LogP contribution in [0.2, 0.25) is 5.02 Å². The Kier molecular flexibility index (Phi) is 8.39. The molecule has 2 aliphatic heterocycles. The first kappa shape index (κ1) is 23.2. The Morgan fingerprint density at radius 2 is 2.18 bits per heavy atom. The highest BCUT2D eigenvalue weighted by atomic mass is 127. The summed E-state index contributed by atoms with van der Waals surface area (Å²) >= 11 is 6.42. The largest absolute Gasteiger partial charge is 0.355 e. The van der Waals surface area contributed by atoms with Gasteiger partial charge in [0.05, 0.1) is 6.04 Å². The van der Waals surface area contributed by atoms with Crippen LogP contribution in [0.3, 0.4) is 0 Å². The lowest BCUT2D eigenvalue weighted by atomic mass is 9.79. The molecule has 28 heavy (non-hydrogen) atoms. The van der Waals surface area contributed by atoms with Crippen molar-refractivity contribution in [1.82, 2.24) is 20.4 Å². The molecule has 1 aromatic carbocycles. The first-order valence-electron chi connectivity index (χ1n) is 9.57. The van der Waals surface area contributed by atoms with Crippen molar-refractivity contribution in [3.8, 4) is 0 Å². The molecule has 0 aliphatic carbocycles. The second-order valence-electron chi connectivity index (χ2n) is 7.91. The third-order valence-electron chi connectivity index (χ3n) is 5.71. The van der Waals surface area contributed by atoms with E-state index in [0.29, 0.717) is 13.0 Å². The van der Waals surface area contributed by atoms with Gasteiger partial charge in [-0.1, -0.05) is 29.8 Å². The Hall–Kier alpha value is -1.06. The van der Waals surface area contributed by atoms with Gasteiger partial charge in [0, 0.05) is 50.1 Å². The second-order valence-corrected chi connectivity index (χ2v) is 8.31. The molecule has 0 radical (unpaired) electrons. The number of nitrogens with one attached hydrogen (secondary N) is 2. The number of carbonyl (C=O) groups excluding carboxylic acids is 1. The number of hydrogen-bond donors (Lipinski definition) is 2. The highest BCUT2D eigenvalue weighted by Crippen LogP contribution is 2.36. The zero-order valence-electron chi connectivity index (χ0n) is 16.9. The van der Waals surface area contributed by atoms with E-state index in [2.05, 4.69) is 45.6 Å². The lowest BCUT2D eigenvalue weighted by molar-refractivity contribution is -0.119. The van der Waals surface area contributed by atoms with Gasteiger partial charge in [-0.2, -0.15) is 0 Å². The van der Waals surface area contributed by atoms with Crippen molar-refractivity contribution in [1.29, 1.82) is 0 Å². The van der Waals surface area contributed by atoms with Gasteiger partial charge in [0.25, 0.3) is 0 Å². The maximum Gasteiger partial charge on any atom is 0.220 e. The molecule has 6 nitrogen and oxygen atoms in total. The van der Waals surface area contributed by atoms with Crippen LogP contribution in [0.4, 0.5) is 0 Å². The quantitative estimate of drug-likeness (QED) is 0.365. The molecular formula is C20H31ClIN5O. The number of likely N-dealkylation sites (N-methyl/N-ethyl adjacent to an activating group) is 1. The van der Waals surface area contributed by atoms with Gasteiger partial charge in [0.1, 0.15) is 0 Å². The van der Waals surface area contributed by atoms with Gasteiger partial charge < -0.3 is 20.4 Å². The van der Waals surface area contributed by atoms with E-state index < -0.39 is 0 Å². The van der Waals surface area contributed by atoms with Crippen molar-refractivity contribution in [2.75, 3.05) is 47.3 Å². The molecule has 1 amide bonds. The summed E-state index contributed by atoms with van der Waals surface area (Å²) in [5, 5.41) is 7.32. The SMILES string of the molecule is CN=C(NCC(c1ccccc1Cl)N(C)C)N1CCCC2(CNC(=O)C2)C1.I. The molecule has 3 rings (SSSR count). The lowest BCUT2D eigenvalue weighted by Gasteiger charge is -2.41. The standard InChI is InChI=1S/C20H30ClN5O.HI/c1-22-19(26-10-6-9-20(14-26)11-18(27)24-13-20)23-12-17(25(2)3)15-7-4-5-8-16(15)21;/h4-5,7-8,17H,6,9-14H2,1-3H3,(H,22,23)(H,24,27);1H. The number of nitrogens with zero attached hydrogens (tertiary/aromatic N) is 3. The van der Waals surface area contributed by atoms with Crippen LogP contribution in [0.25, 0.3) is 0 Å². The summed E-state index contributed by atoms with van der Waals surface area (Å²) < 4.78 is 0. The molecule has 0 saturated carbocycles. The summed E-state index contributed by atoms with van der Waals surface area (Å²) in [5.41, 5.74) is 1.16. The maximum absolute atomic E-state index is 11.7. The second kappa shape index (κ2) is 10.1. The minimum Gasteiger partial charge on any atom is -0.355 e. The fraction of sp³-hybridized carbons (Fsp3) is 0.600. The number of halogens is 2. The molecule has 2 unspecified atom stereocenters. The first-order valence-corrected chi connectivity index (χ1v) is 9.95. The van der Waals surface area contributed by atoms with Gasteiger partial charge >= 0.3 is 0 Å². The fourth-order valence-electron chi connectivity index (χ4n) is 4.27. The average molecular weight is 520 g/mol.